The Labute approximate surface area is 106 Å². The average molecular weight is 251 g/mol. The second-order valence-corrected chi connectivity index (χ2v) is 5.26. The van der Waals surface area contributed by atoms with Gasteiger partial charge in [0.1, 0.15) is 0 Å². The summed E-state index contributed by atoms with van der Waals surface area (Å²) in [6.07, 6.45) is 1.53. The van der Waals surface area contributed by atoms with Gasteiger partial charge in [0.15, 0.2) is 0 Å². The van der Waals surface area contributed by atoms with Crippen molar-refractivity contribution in [1.82, 2.24) is 5.32 Å². The first-order chi connectivity index (χ1) is 6.81. The Morgan fingerprint density at radius 1 is 1.31 bits per heavy atom. The summed E-state index contributed by atoms with van der Waals surface area (Å²) in [5.74, 6) is 1.04. The van der Waals surface area contributed by atoms with Gasteiger partial charge in [-0.1, -0.05) is 27.7 Å². The van der Waals surface area contributed by atoms with Crippen LogP contribution >= 0.6 is 12.4 Å². The molecule has 0 aliphatic rings. The van der Waals surface area contributed by atoms with Crippen LogP contribution in [0.2, 0.25) is 0 Å². The van der Waals surface area contributed by atoms with E-state index in [2.05, 4.69) is 33.0 Å². The Bertz CT molecular complexity index is 207. The highest BCUT2D eigenvalue weighted by Crippen LogP contribution is 2.15. The first kappa shape index (κ1) is 18.1. The van der Waals surface area contributed by atoms with Crippen molar-refractivity contribution in [2.45, 2.75) is 53.0 Å². The monoisotopic (exact) mass is 250 g/mol. The Balaban J connectivity index is 0. The lowest BCUT2D eigenvalue weighted by Gasteiger charge is -2.33. The second kappa shape index (κ2) is 7.91. The molecule has 0 aliphatic heterocycles. The standard InChI is InChI=1S/C12H26N2O.ClH/c1-9(2)6-7-11(15)14-12(5,8-13)10(3)4;/h9-10H,6-8,13H2,1-5H3,(H,14,15);1H. The number of hydrogen-bond donors (Lipinski definition) is 2. The minimum absolute atomic E-state index is 0. The molecule has 98 valence electrons. The van der Waals surface area contributed by atoms with E-state index in [0.717, 1.165) is 6.42 Å². The highest BCUT2D eigenvalue weighted by atomic mass is 35.5. The topological polar surface area (TPSA) is 55.1 Å². The first-order valence-electron chi connectivity index (χ1n) is 5.83. The van der Waals surface area contributed by atoms with Crippen LogP contribution in [0.5, 0.6) is 0 Å². The third kappa shape index (κ3) is 6.33. The summed E-state index contributed by atoms with van der Waals surface area (Å²) in [7, 11) is 0. The molecule has 0 rings (SSSR count). The van der Waals surface area contributed by atoms with E-state index < -0.39 is 0 Å². The first-order valence-corrected chi connectivity index (χ1v) is 5.83. The molecule has 0 saturated heterocycles. The Morgan fingerprint density at radius 2 is 1.81 bits per heavy atom. The molecule has 0 saturated carbocycles. The van der Waals surface area contributed by atoms with Gasteiger partial charge in [-0.15, -0.1) is 12.4 Å². The van der Waals surface area contributed by atoms with E-state index in [9.17, 15) is 4.79 Å². The number of carbonyl (C=O) groups excluding carboxylic acids is 1. The minimum atomic E-state index is -0.270. The van der Waals surface area contributed by atoms with Gasteiger partial charge in [0.2, 0.25) is 5.91 Å². The lowest BCUT2D eigenvalue weighted by molar-refractivity contribution is -0.123. The molecular weight excluding hydrogens is 224 g/mol. The van der Waals surface area contributed by atoms with Crippen LogP contribution in [-0.4, -0.2) is 18.0 Å². The molecule has 0 aromatic carbocycles. The van der Waals surface area contributed by atoms with Gasteiger partial charge in [-0.2, -0.15) is 0 Å². The van der Waals surface area contributed by atoms with Gasteiger partial charge in [-0.05, 0) is 25.2 Å². The molecule has 1 atom stereocenters. The minimum Gasteiger partial charge on any atom is -0.349 e. The maximum absolute atomic E-state index is 11.7. The van der Waals surface area contributed by atoms with Gasteiger partial charge in [-0.25, -0.2) is 0 Å². The van der Waals surface area contributed by atoms with Gasteiger partial charge >= 0.3 is 0 Å². The molecule has 3 N–H and O–H groups in total. The quantitative estimate of drug-likeness (QED) is 0.760. The second-order valence-electron chi connectivity index (χ2n) is 5.26. The predicted octanol–water partition coefficient (Wildman–Crippen LogP) is 2.33. The Hall–Kier alpha value is -0.280. The fourth-order valence-electron chi connectivity index (χ4n) is 1.23. The molecule has 0 radical (unpaired) electrons. The van der Waals surface area contributed by atoms with Gasteiger partial charge in [0.05, 0.1) is 5.54 Å². The largest absolute Gasteiger partial charge is 0.349 e. The van der Waals surface area contributed by atoms with Crippen molar-refractivity contribution in [3.63, 3.8) is 0 Å². The summed E-state index contributed by atoms with van der Waals surface area (Å²) < 4.78 is 0. The molecule has 1 amide bonds. The van der Waals surface area contributed by atoms with Gasteiger partial charge in [0.25, 0.3) is 0 Å². The summed E-state index contributed by atoms with van der Waals surface area (Å²) in [4.78, 5) is 11.7. The number of carbonyl (C=O) groups is 1. The molecule has 0 aromatic heterocycles. The molecule has 3 nitrogen and oxygen atoms in total. The summed E-state index contributed by atoms with van der Waals surface area (Å²) in [6.45, 7) is 10.9. The van der Waals surface area contributed by atoms with Crippen molar-refractivity contribution < 1.29 is 4.79 Å². The molecule has 1 unspecified atom stereocenters. The average Bonchev–Trinajstić information content (AvgIpc) is 2.14. The summed E-state index contributed by atoms with van der Waals surface area (Å²) in [5.41, 5.74) is 5.43. The van der Waals surface area contributed by atoms with Crippen molar-refractivity contribution in [1.29, 1.82) is 0 Å². The number of amides is 1. The Morgan fingerprint density at radius 3 is 2.12 bits per heavy atom. The molecule has 0 spiro atoms. The maximum Gasteiger partial charge on any atom is 0.220 e. The SMILES string of the molecule is CC(C)CCC(=O)NC(C)(CN)C(C)C.Cl. The highest BCUT2D eigenvalue weighted by molar-refractivity contribution is 5.85. The maximum atomic E-state index is 11.7. The van der Waals surface area contributed by atoms with Crippen molar-refractivity contribution in [2.24, 2.45) is 17.6 Å². The zero-order chi connectivity index (χ0) is 12.1. The molecular formula is C12H27ClN2O. The smallest absolute Gasteiger partial charge is 0.220 e. The van der Waals surface area contributed by atoms with Crippen molar-refractivity contribution in [3.8, 4) is 0 Å². The van der Waals surface area contributed by atoms with Crippen molar-refractivity contribution in [2.75, 3.05) is 6.54 Å². The van der Waals surface area contributed by atoms with E-state index in [1.54, 1.807) is 0 Å². The molecule has 0 fully saturated rings. The van der Waals surface area contributed by atoms with E-state index >= 15 is 0 Å². The van der Waals surface area contributed by atoms with Crippen molar-refractivity contribution >= 4 is 18.3 Å². The fraction of sp³-hybridized carbons (Fsp3) is 0.917. The van der Waals surface area contributed by atoms with Crippen LogP contribution in [-0.2, 0) is 4.79 Å². The van der Waals surface area contributed by atoms with Gasteiger partial charge in [0, 0.05) is 13.0 Å². The van der Waals surface area contributed by atoms with E-state index in [-0.39, 0.29) is 23.9 Å². The van der Waals surface area contributed by atoms with Crippen LogP contribution in [0.25, 0.3) is 0 Å². The molecule has 0 bridgehead atoms. The summed E-state index contributed by atoms with van der Waals surface area (Å²) in [5, 5.41) is 3.03. The van der Waals surface area contributed by atoms with Crippen LogP contribution in [0.4, 0.5) is 0 Å². The van der Waals surface area contributed by atoms with Crippen LogP contribution in [0.1, 0.15) is 47.5 Å². The van der Waals surface area contributed by atoms with Gasteiger partial charge in [-0.3, -0.25) is 4.79 Å². The highest BCUT2D eigenvalue weighted by Gasteiger charge is 2.28. The molecule has 0 aromatic rings. The van der Waals surface area contributed by atoms with Crippen LogP contribution in [0, 0.1) is 11.8 Å². The van der Waals surface area contributed by atoms with Crippen LogP contribution in [0.15, 0.2) is 0 Å². The zero-order valence-corrected chi connectivity index (χ0v) is 12.0. The zero-order valence-electron chi connectivity index (χ0n) is 11.2. The van der Waals surface area contributed by atoms with Crippen LogP contribution < -0.4 is 11.1 Å². The fourth-order valence-corrected chi connectivity index (χ4v) is 1.23. The van der Waals surface area contributed by atoms with Crippen LogP contribution in [0.3, 0.4) is 0 Å². The molecule has 0 heterocycles. The van der Waals surface area contributed by atoms with E-state index in [0.29, 0.717) is 24.8 Å². The summed E-state index contributed by atoms with van der Waals surface area (Å²) in [6, 6.07) is 0. The summed E-state index contributed by atoms with van der Waals surface area (Å²) >= 11 is 0. The molecule has 4 heteroatoms. The normalized spacial score (nSPS) is 14.5. The van der Waals surface area contributed by atoms with E-state index in [4.69, 9.17) is 5.73 Å². The number of rotatable bonds is 6. The molecule has 16 heavy (non-hydrogen) atoms. The third-order valence-corrected chi connectivity index (χ3v) is 3.07. The lowest BCUT2D eigenvalue weighted by Crippen LogP contribution is -2.55. The number of nitrogens with one attached hydrogen (secondary N) is 1. The number of nitrogens with two attached hydrogens (primary N) is 1. The predicted molar refractivity (Wildman–Crippen MR) is 71.8 cm³/mol. The lowest BCUT2D eigenvalue weighted by atomic mass is 9.88. The van der Waals surface area contributed by atoms with E-state index in [1.807, 2.05) is 6.92 Å². The third-order valence-electron chi connectivity index (χ3n) is 3.07. The number of halogens is 1. The molecule has 0 aliphatic carbocycles. The number of hydrogen-bond acceptors (Lipinski definition) is 2. The van der Waals surface area contributed by atoms with E-state index in [1.165, 1.54) is 0 Å². The van der Waals surface area contributed by atoms with Gasteiger partial charge < -0.3 is 11.1 Å². The Kier molecular flexibility index (Phi) is 8.94. The van der Waals surface area contributed by atoms with Crippen molar-refractivity contribution in [3.05, 3.63) is 0 Å².